The average molecular weight is 299 g/mol. The fourth-order valence-corrected chi connectivity index (χ4v) is 2.41. The molecular weight excluding hydrogens is 291 g/mol. The number of halogens is 2. The third-order valence-electron chi connectivity index (χ3n) is 1.40. The van der Waals surface area contributed by atoms with Crippen molar-refractivity contribution in [1.29, 1.82) is 0 Å². The van der Waals surface area contributed by atoms with Gasteiger partial charge in [0, 0.05) is 14.3 Å². The topological polar surface area (TPSA) is 0 Å². The Kier molecular flexibility index (Phi) is 4.02. The molecule has 0 heterocycles. The molecule has 0 radical (unpaired) electrons. The molecule has 0 aliphatic heterocycles. The summed E-state index contributed by atoms with van der Waals surface area (Å²) < 4.78 is 0.977. The van der Waals surface area contributed by atoms with Crippen molar-refractivity contribution in [3.05, 3.63) is 28.8 Å². The molecule has 0 N–H and O–H groups in total. The molecular formula is C8H8ClIS. The summed E-state index contributed by atoms with van der Waals surface area (Å²) in [6.07, 6.45) is 2.05. The fourth-order valence-electron chi connectivity index (χ4n) is 0.763. The van der Waals surface area contributed by atoms with E-state index in [0.717, 1.165) is 9.45 Å². The summed E-state index contributed by atoms with van der Waals surface area (Å²) in [5, 5.41) is 0.881. The third kappa shape index (κ3) is 2.53. The molecule has 0 atom stereocenters. The van der Waals surface area contributed by atoms with Crippen LogP contribution < -0.4 is 0 Å². The summed E-state index contributed by atoms with van der Waals surface area (Å²) in [5.41, 5.74) is 1.21. The maximum absolute atomic E-state index is 5.99. The molecule has 3 heteroatoms. The number of hydrogen-bond acceptors (Lipinski definition) is 1. The number of hydrogen-bond donors (Lipinski definition) is 0. The van der Waals surface area contributed by atoms with Gasteiger partial charge in [0.25, 0.3) is 0 Å². The lowest BCUT2D eigenvalue weighted by Crippen LogP contribution is -1.79. The van der Waals surface area contributed by atoms with Crippen LogP contribution in [0.5, 0.6) is 0 Å². The Balaban J connectivity index is 2.99. The van der Waals surface area contributed by atoms with Crippen molar-refractivity contribution in [1.82, 2.24) is 0 Å². The summed E-state index contributed by atoms with van der Waals surface area (Å²) in [4.78, 5) is 1.23. The van der Waals surface area contributed by atoms with Crippen LogP contribution in [0.15, 0.2) is 23.1 Å². The van der Waals surface area contributed by atoms with E-state index in [9.17, 15) is 0 Å². The Labute approximate surface area is 89.8 Å². The molecule has 0 unspecified atom stereocenters. The van der Waals surface area contributed by atoms with Gasteiger partial charge < -0.3 is 0 Å². The van der Waals surface area contributed by atoms with Crippen LogP contribution in [0.4, 0.5) is 0 Å². The molecule has 1 rings (SSSR count). The van der Waals surface area contributed by atoms with Crippen molar-refractivity contribution < 1.29 is 0 Å². The van der Waals surface area contributed by atoms with E-state index in [1.54, 1.807) is 11.8 Å². The zero-order valence-corrected chi connectivity index (χ0v) is 9.83. The minimum absolute atomic E-state index is 0.881. The van der Waals surface area contributed by atoms with E-state index in [0.29, 0.717) is 0 Å². The molecule has 0 aromatic heterocycles. The molecule has 0 amide bonds. The second-order valence-corrected chi connectivity index (χ2v) is 4.14. The number of benzene rings is 1. The van der Waals surface area contributed by atoms with Crippen molar-refractivity contribution in [3.63, 3.8) is 0 Å². The van der Waals surface area contributed by atoms with E-state index in [1.807, 2.05) is 6.07 Å². The quantitative estimate of drug-likeness (QED) is 0.452. The molecule has 0 saturated heterocycles. The van der Waals surface area contributed by atoms with E-state index in [4.69, 9.17) is 11.6 Å². The maximum Gasteiger partial charge on any atom is 0.0456 e. The predicted molar refractivity (Wildman–Crippen MR) is 61.0 cm³/mol. The third-order valence-corrected chi connectivity index (χ3v) is 3.30. The summed E-state index contributed by atoms with van der Waals surface area (Å²) in [5.74, 6) is 0. The SMILES string of the molecule is CSc1ccc(CI)c(Cl)c1. The van der Waals surface area contributed by atoms with Crippen LogP contribution in [0.1, 0.15) is 5.56 Å². The Morgan fingerprint density at radius 1 is 1.55 bits per heavy atom. The second-order valence-electron chi connectivity index (χ2n) is 2.09. The van der Waals surface area contributed by atoms with Crippen LogP contribution in [0.3, 0.4) is 0 Å². The zero-order valence-electron chi connectivity index (χ0n) is 6.10. The Bertz CT molecular complexity index is 250. The lowest BCUT2D eigenvalue weighted by atomic mass is 10.2. The van der Waals surface area contributed by atoms with Crippen molar-refractivity contribution >= 4 is 46.0 Å². The van der Waals surface area contributed by atoms with Crippen LogP contribution >= 0.6 is 46.0 Å². The average Bonchev–Trinajstić information content (AvgIpc) is 2.04. The van der Waals surface area contributed by atoms with Gasteiger partial charge in [-0.1, -0.05) is 40.3 Å². The first-order chi connectivity index (χ1) is 5.27. The smallest absolute Gasteiger partial charge is 0.0456 e. The Morgan fingerprint density at radius 3 is 2.73 bits per heavy atom. The summed E-state index contributed by atoms with van der Waals surface area (Å²) in [7, 11) is 0. The van der Waals surface area contributed by atoms with Crippen LogP contribution in [0, 0.1) is 0 Å². The van der Waals surface area contributed by atoms with Gasteiger partial charge in [0.15, 0.2) is 0 Å². The van der Waals surface area contributed by atoms with Crippen molar-refractivity contribution in [2.75, 3.05) is 6.26 Å². The predicted octanol–water partition coefficient (Wildman–Crippen LogP) is 4.00. The number of thioether (sulfide) groups is 1. The molecule has 0 saturated carbocycles. The first-order valence-electron chi connectivity index (χ1n) is 3.16. The molecule has 0 spiro atoms. The molecule has 0 bridgehead atoms. The first-order valence-corrected chi connectivity index (χ1v) is 6.29. The minimum Gasteiger partial charge on any atom is -0.130 e. The summed E-state index contributed by atoms with van der Waals surface area (Å²) in [6, 6.07) is 6.20. The molecule has 1 aromatic carbocycles. The maximum atomic E-state index is 5.99. The summed E-state index contributed by atoms with van der Waals surface area (Å²) >= 11 is 10.0. The lowest BCUT2D eigenvalue weighted by Gasteiger charge is -2.01. The van der Waals surface area contributed by atoms with Crippen molar-refractivity contribution in [3.8, 4) is 0 Å². The highest BCUT2D eigenvalue weighted by Crippen LogP contribution is 2.24. The highest BCUT2D eigenvalue weighted by atomic mass is 127. The van der Waals surface area contributed by atoms with E-state index >= 15 is 0 Å². The van der Waals surface area contributed by atoms with Gasteiger partial charge in [0.1, 0.15) is 0 Å². The van der Waals surface area contributed by atoms with Gasteiger partial charge in [0.05, 0.1) is 0 Å². The fraction of sp³-hybridized carbons (Fsp3) is 0.250. The van der Waals surface area contributed by atoms with Crippen molar-refractivity contribution in [2.45, 2.75) is 9.32 Å². The molecule has 0 nitrogen and oxygen atoms in total. The Hall–Kier alpha value is 0.590. The first kappa shape index (κ1) is 9.68. The van der Waals surface area contributed by atoms with E-state index in [2.05, 4.69) is 41.0 Å². The second kappa shape index (κ2) is 4.58. The van der Waals surface area contributed by atoms with Gasteiger partial charge in [-0.25, -0.2) is 0 Å². The van der Waals surface area contributed by atoms with Gasteiger partial charge in [0.2, 0.25) is 0 Å². The normalized spacial score (nSPS) is 10.1. The van der Waals surface area contributed by atoms with E-state index < -0.39 is 0 Å². The van der Waals surface area contributed by atoms with Gasteiger partial charge in [-0.15, -0.1) is 11.8 Å². The van der Waals surface area contributed by atoms with Gasteiger partial charge in [-0.2, -0.15) is 0 Å². The molecule has 0 fully saturated rings. The molecule has 11 heavy (non-hydrogen) atoms. The largest absolute Gasteiger partial charge is 0.130 e. The van der Waals surface area contributed by atoms with Crippen molar-refractivity contribution in [2.24, 2.45) is 0 Å². The minimum atomic E-state index is 0.881. The van der Waals surface area contributed by atoms with Gasteiger partial charge >= 0.3 is 0 Å². The highest BCUT2D eigenvalue weighted by molar-refractivity contribution is 14.1. The van der Waals surface area contributed by atoms with Crippen LogP contribution in [-0.4, -0.2) is 6.26 Å². The van der Waals surface area contributed by atoms with Crippen LogP contribution in [0.2, 0.25) is 5.02 Å². The standard InChI is InChI=1S/C8H8ClIS/c1-11-7-3-2-6(5-10)8(9)4-7/h2-4H,5H2,1H3. The molecule has 0 aliphatic rings. The monoisotopic (exact) mass is 298 g/mol. The molecule has 0 aliphatic carbocycles. The number of alkyl halides is 1. The van der Waals surface area contributed by atoms with Gasteiger partial charge in [-0.3, -0.25) is 0 Å². The van der Waals surface area contributed by atoms with E-state index in [1.165, 1.54) is 10.5 Å². The van der Waals surface area contributed by atoms with Crippen LogP contribution in [0.25, 0.3) is 0 Å². The zero-order chi connectivity index (χ0) is 8.27. The number of rotatable bonds is 2. The lowest BCUT2D eigenvalue weighted by molar-refractivity contribution is 1.37. The van der Waals surface area contributed by atoms with Crippen LogP contribution in [-0.2, 0) is 4.43 Å². The van der Waals surface area contributed by atoms with Gasteiger partial charge in [-0.05, 0) is 24.0 Å². The molecule has 1 aromatic rings. The molecule has 60 valence electrons. The highest BCUT2D eigenvalue weighted by Gasteiger charge is 1.98. The van der Waals surface area contributed by atoms with E-state index in [-0.39, 0.29) is 0 Å². The Morgan fingerprint density at radius 2 is 2.27 bits per heavy atom. The summed E-state index contributed by atoms with van der Waals surface area (Å²) in [6.45, 7) is 0.